The number of rotatable bonds is 35. The number of ether oxygens (including phenoxy) is 3. The van der Waals surface area contributed by atoms with Gasteiger partial charge in [0.05, 0.1) is 34.4 Å². The van der Waals surface area contributed by atoms with E-state index in [1.165, 1.54) is 0 Å². The van der Waals surface area contributed by atoms with Crippen LogP contribution in [0.5, 0.6) is 0 Å². The summed E-state index contributed by atoms with van der Waals surface area (Å²) >= 11 is 0. The molecule has 8 heteroatoms. The van der Waals surface area contributed by atoms with E-state index in [0.29, 0.717) is 25.7 Å². The van der Waals surface area contributed by atoms with Gasteiger partial charge >= 0.3 is 17.9 Å². The van der Waals surface area contributed by atoms with Crippen molar-refractivity contribution in [2.24, 2.45) is 0 Å². The van der Waals surface area contributed by atoms with Crippen molar-refractivity contribution < 1.29 is 38.2 Å². The maximum Gasteiger partial charge on any atom is 0.362 e. The Hall–Kier alpha value is -3.75. The van der Waals surface area contributed by atoms with Gasteiger partial charge in [0.25, 0.3) is 0 Å². The lowest BCUT2D eigenvalue weighted by atomic mass is 10.1. The molecular weight excluding hydrogens is 691 g/mol. The van der Waals surface area contributed by atoms with Crippen molar-refractivity contribution in [2.45, 2.75) is 142 Å². The van der Waals surface area contributed by atoms with Crippen LogP contribution in [0.25, 0.3) is 0 Å². The Morgan fingerprint density at radius 1 is 0.545 bits per heavy atom. The van der Waals surface area contributed by atoms with Crippen LogP contribution in [0.1, 0.15) is 129 Å². The van der Waals surface area contributed by atoms with E-state index in [9.17, 15) is 19.5 Å². The number of carboxylic acids is 1. The number of esters is 2. The van der Waals surface area contributed by atoms with E-state index < -0.39 is 18.1 Å². The third kappa shape index (κ3) is 35.7. The summed E-state index contributed by atoms with van der Waals surface area (Å²) in [7, 11) is 5.48. The molecule has 0 saturated heterocycles. The normalized spacial score (nSPS) is 14.0. The van der Waals surface area contributed by atoms with Gasteiger partial charge in [-0.1, -0.05) is 117 Å². The van der Waals surface area contributed by atoms with Crippen molar-refractivity contribution in [3.05, 3.63) is 97.2 Å². The Morgan fingerprint density at radius 2 is 0.964 bits per heavy atom. The van der Waals surface area contributed by atoms with Crippen LogP contribution in [-0.4, -0.2) is 80.6 Å². The number of carbonyl (C=O) groups excluding carboxylic acids is 2. The quantitative estimate of drug-likeness (QED) is 0.0297. The monoisotopic (exact) mass is 767 g/mol. The molecule has 0 bridgehead atoms. The van der Waals surface area contributed by atoms with Crippen LogP contribution in [0.4, 0.5) is 0 Å². The van der Waals surface area contributed by atoms with Gasteiger partial charge in [-0.25, -0.2) is 4.79 Å². The summed E-state index contributed by atoms with van der Waals surface area (Å²) in [5.74, 6) is -1.58. The minimum atomic E-state index is -0.892. The van der Waals surface area contributed by atoms with Crippen molar-refractivity contribution >= 4 is 17.9 Å². The fourth-order valence-electron chi connectivity index (χ4n) is 5.31. The second-order valence-electron chi connectivity index (χ2n) is 14.5. The van der Waals surface area contributed by atoms with Crippen molar-refractivity contribution in [1.29, 1.82) is 0 Å². The fraction of sp³-hybridized carbons (Fsp3) is 0.596. The summed E-state index contributed by atoms with van der Waals surface area (Å²) in [4.78, 5) is 36.9. The number of carboxylic acid groups (broad SMARTS) is 1. The standard InChI is InChI=1S/C47H75NO7/c1-6-8-10-12-14-16-18-20-21-22-23-24-25-26-28-30-32-34-36-38-46(50)55-43(41-53-40-39-44(47(51)52)48(3,4)5)42-54-45(49)37-35-33-31-29-27-19-17-15-13-11-9-7-2/h8-11,14-17,20-21,23-24,26-29,43-44H,6-7,12-13,18-19,22,25,30-42H2,1-5H3/p+1/b10-8+,11-9+,16-14+,17-15+,21-20+,24-23+,28-26+,29-27+. The van der Waals surface area contributed by atoms with Crippen LogP contribution in [0.15, 0.2) is 97.2 Å². The number of aliphatic carboxylic acids is 1. The summed E-state index contributed by atoms with van der Waals surface area (Å²) in [5, 5.41) is 9.60. The van der Waals surface area contributed by atoms with E-state index in [-0.39, 0.29) is 42.7 Å². The van der Waals surface area contributed by atoms with E-state index in [4.69, 9.17) is 14.2 Å². The highest BCUT2D eigenvalue weighted by Gasteiger charge is 2.31. The Balaban J connectivity index is 4.51. The van der Waals surface area contributed by atoms with Gasteiger partial charge in [0, 0.05) is 19.3 Å². The maximum absolute atomic E-state index is 12.7. The summed E-state index contributed by atoms with van der Waals surface area (Å²) in [6, 6.07) is -0.632. The molecule has 0 amide bonds. The molecule has 2 unspecified atom stereocenters. The van der Waals surface area contributed by atoms with E-state index in [2.05, 4.69) is 111 Å². The molecule has 0 aliphatic carbocycles. The fourth-order valence-corrected chi connectivity index (χ4v) is 5.31. The van der Waals surface area contributed by atoms with Crippen LogP contribution in [-0.2, 0) is 28.6 Å². The number of nitrogens with zero attached hydrogens (tertiary/aromatic N) is 1. The zero-order valence-electron chi connectivity index (χ0n) is 35.1. The molecule has 0 rings (SSSR count). The molecule has 0 heterocycles. The molecule has 1 N–H and O–H groups in total. The van der Waals surface area contributed by atoms with Crippen molar-refractivity contribution in [2.75, 3.05) is 41.0 Å². The molecule has 0 aliphatic heterocycles. The molecule has 0 spiro atoms. The van der Waals surface area contributed by atoms with Crippen LogP contribution in [0, 0.1) is 0 Å². The molecule has 8 nitrogen and oxygen atoms in total. The van der Waals surface area contributed by atoms with Gasteiger partial charge in [0.2, 0.25) is 0 Å². The topological polar surface area (TPSA) is 99.1 Å². The van der Waals surface area contributed by atoms with Crippen molar-refractivity contribution in [3.63, 3.8) is 0 Å². The van der Waals surface area contributed by atoms with Crippen molar-refractivity contribution in [1.82, 2.24) is 0 Å². The van der Waals surface area contributed by atoms with Gasteiger partial charge in [0.1, 0.15) is 6.61 Å². The maximum atomic E-state index is 12.7. The smallest absolute Gasteiger partial charge is 0.362 e. The van der Waals surface area contributed by atoms with Gasteiger partial charge in [-0.15, -0.1) is 0 Å². The largest absolute Gasteiger partial charge is 0.477 e. The lowest BCUT2D eigenvalue weighted by molar-refractivity contribution is -0.887. The zero-order chi connectivity index (χ0) is 40.7. The van der Waals surface area contributed by atoms with Crippen molar-refractivity contribution in [3.8, 4) is 0 Å². The van der Waals surface area contributed by atoms with E-state index in [0.717, 1.165) is 83.5 Å². The first-order valence-corrected chi connectivity index (χ1v) is 20.8. The highest BCUT2D eigenvalue weighted by atomic mass is 16.6. The molecular formula is C47H76NO7+. The lowest BCUT2D eigenvalue weighted by Crippen LogP contribution is -2.50. The van der Waals surface area contributed by atoms with E-state index >= 15 is 0 Å². The number of unbranched alkanes of at least 4 members (excludes halogenated alkanes) is 5. The second kappa shape index (κ2) is 37.2. The molecule has 0 fully saturated rings. The van der Waals surface area contributed by atoms with Gasteiger partial charge in [-0.2, -0.15) is 0 Å². The minimum absolute atomic E-state index is 0.0285. The summed E-state index contributed by atoms with van der Waals surface area (Å²) in [6.07, 6.45) is 48.9. The van der Waals surface area contributed by atoms with Gasteiger partial charge in [-0.05, 0) is 89.9 Å². The molecule has 0 aromatic carbocycles. The van der Waals surface area contributed by atoms with Crippen LogP contribution in [0.3, 0.4) is 0 Å². The number of carbonyl (C=O) groups is 3. The van der Waals surface area contributed by atoms with E-state index in [1.807, 2.05) is 21.1 Å². The average Bonchev–Trinajstić information content (AvgIpc) is 3.14. The van der Waals surface area contributed by atoms with E-state index in [1.54, 1.807) is 0 Å². The first kappa shape index (κ1) is 51.2. The third-order valence-corrected chi connectivity index (χ3v) is 8.48. The molecule has 55 heavy (non-hydrogen) atoms. The van der Waals surface area contributed by atoms with Gasteiger partial charge < -0.3 is 23.8 Å². The molecule has 0 radical (unpaired) electrons. The number of allylic oxidation sites excluding steroid dienone is 16. The first-order valence-electron chi connectivity index (χ1n) is 20.8. The highest BCUT2D eigenvalue weighted by molar-refractivity contribution is 5.72. The second-order valence-corrected chi connectivity index (χ2v) is 14.5. The minimum Gasteiger partial charge on any atom is -0.477 e. The van der Waals surface area contributed by atoms with Gasteiger partial charge in [-0.3, -0.25) is 9.59 Å². The van der Waals surface area contributed by atoms with Crippen LogP contribution < -0.4 is 0 Å². The summed E-state index contributed by atoms with van der Waals surface area (Å²) in [5.41, 5.74) is 0. The Bertz CT molecular complexity index is 1220. The first-order chi connectivity index (χ1) is 26.6. The highest BCUT2D eigenvalue weighted by Crippen LogP contribution is 2.11. The predicted octanol–water partition coefficient (Wildman–Crippen LogP) is 11.1. The molecule has 0 aromatic heterocycles. The average molecular weight is 767 g/mol. The predicted molar refractivity (Wildman–Crippen MR) is 229 cm³/mol. The number of likely N-dealkylation sites (N-methyl/N-ethyl adjacent to an activating group) is 1. The van der Waals surface area contributed by atoms with Crippen LogP contribution in [0.2, 0.25) is 0 Å². The molecule has 0 aromatic rings. The molecule has 2 atom stereocenters. The number of quaternary nitrogens is 1. The number of hydrogen-bond donors (Lipinski definition) is 1. The Kier molecular flexibility index (Phi) is 34.7. The third-order valence-electron chi connectivity index (χ3n) is 8.48. The lowest BCUT2D eigenvalue weighted by Gasteiger charge is -2.31. The number of hydrogen-bond acceptors (Lipinski definition) is 6. The zero-order valence-corrected chi connectivity index (χ0v) is 35.1. The van der Waals surface area contributed by atoms with Gasteiger partial charge in [0.15, 0.2) is 12.1 Å². The molecule has 0 saturated carbocycles. The Morgan fingerprint density at radius 3 is 1.42 bits per heavy atom. The Labute approximate surface area is 335 Å². The summed E-state index contributed by atoms with van der Waals surface area (Å²) in [6.45, 7) is 4.39. The summed E-state index contributed by atoms with van der Waals surface area (Å²) < 4.78 is 17.2. The molecule has 0 aliphatic rings. The molecule has 310 valence electrons. The SMILES string of the molecule is CC/C=C/C/C=C/C/C=C/C/C=C/C/C=C/CCCCCC(=O)OC(COCCC(C(=O)O)[N+](C)(C)C)COC(=O)CCCC/C=C/C/C=C/C/C=C/CC. The van der Waals surface area contributed by atoms with Crippen LogP contribution >= 0.6 is 0 Å².